The summed E-state index contributed by atoms with van der Waals surface area (Å²) in [5.74, 6) is -2.75. The summed E-state index contributed by atoms with van der Waals surface area (Å²) >= 11 is 0. The van der Waals surface area contributed by atoms with Crippen LogP contribution in [0, 0.1) is 11.8 Å². The summed E-state index contributed by atoms with van der Waals surface area (Å²) in [4.78, 5) is 39.2. The first-order chi connectivity index (χ1) is 14.7. The molecule has 166 valence electrons. The van der Waals surface area contributed by atoms with Gasteiger partial charge in [-0.05, 0) is 39.2 Å². The molecule has 1 aromatic carbocycles. The van der Waals surface area contributed by atoms with Gasteiger partial charge < -0.3 is 19.5 Å². The van der Waals surface area contributed by atoms with E-state index < -0.39 is 23.8 Å². The minimum Gasteiger partial charge on any atom is -0.496 e. The van der Waals surface area contributed by atoms with E-state index in [4.69, 9.17) is 14.2 Å². The van der Waals surface area contributed by atoms with Gasteiger partial charge in [0.05, 0.1) is 31.8 Å². The van der Waals surface area contributed by atoms with E-state index in [2.05, 4.69) is 5.32 Å². The highest BCUT2D eigenvalue weighted by atomic mass is 16.5. The van der Waals surface area contributed by atoms with Crippen molar-refractivity contribution in [3.05, 3.63) is 52.4 Å². The lowest BCUT2D eigenvalue weighted by molar-refractivity contribution is -0.151. The summed E-state index contributed by atoms with van der Waals surface area (Å²) in [5.41, 5.74) is 2.73. The molecule has 0 unspecified atom stereocenters. The van der Waals surface area contributed by atoms with Crippen molar-refractivity contribution in [1.82, 2.24) is 5.32 Å². The van der Waals surface area contributed by atoms with Crippen LogP contribution in [-0.2, 0) is 23.9 Å². The Morgan fingerprint density at radius 1 is 1.16 bits per heavy atom. The monoisotopic (exact) mass is 427 g/mol. The summed E-state index contributed by atoms with van der Waals surface area (Å²) in [6.07, 6.45) is 0.155. The van der Waals surface area contributed by atoms with Crippen LogP contribution >= 0.6 is 0 Å². The number of rotatable bonds is 5. The molecule has 0 saturated heterocycles. The Morgan fingerprint density at radius 2 is 1.84 bits per heavy atom. The number of ether oxygens (including phenoxy) is 3. The molecule has 2 aliphatic rings. The number of methoxy groups -OCH3 is 2. The number of allylic oxidation sites excluding steroid dienone is 3. The predicted octanol–water partition coefficient (Wildman–Crippen LogP) is 3.26. The van der Waals surface area contributed by atoms with E-state index in [0.717, 1.165) is 0 Å². The molecule has 0 saturated carbocycles. The quantitative estimate of drug-likeness (QED) is 0.570. The van der Waals surface area contributed by atoms with Gasteiger partial charge >= 0.3 is 11.9 Å². The fraction of sp³-hybridized carbons (Fsp3) is 0.458. The summed E-state index contributed by atoms with van der Waals surface area (Å²) in [7, 11) is 2.82. The van der Waals surface area contributed by atoms with E-state index in [0.29, 0.717) is 40.3 Å². The number of carbonyl (C=O) groups is 3. The molecule has 7 nitrogen and oxygen atoms in total. The molecular formula is C24H29NO6. The Labute approximate surface area is 182 Å². The van der Waals surface area contributed by atoms with Crippen molar-refractivity contribution in [2.24, 2.45) is 11.8 Å². The molecule has 0 aromatic heterocycles. The summed E-state index contributed by atoms with van der Waals surface area (Å²) in [5, 5.41) is 3.24. The zero-order chi connectivity index (χ0) is 22.9. The summed E-state index contributed by atoms with van der Waals surface area (Å²) in [6, 6.07) is 7.26. The minimum absolute atomic E-state index is 0.235. The van der Waals surface area contributed by atoms with Crippen LogP contribution < -0.4 is 10.1 Å². The number of dihydropyridines is 1. The first-order valence-electron chi connectivity index (χ1n) is 10.4. The van der Waals surface area contributed by atoms with Crippen molar-refractivity contribution in [2.75, 3.05) is 14.2 Å². The maximum Gasteiger partial charge on any atom is 0.337 e. The van der Waals surface area contributed by atoms with E-state index in [9.17, 15) is 14.4 Å². The fourth-order valence-corrected chi connectivity index (χ4v) is 4.44. The molecule has 0 fully saturated rings. The van der Waals surface area contributed by atoms with Gasteiger partial charge in [-0.1, -0.05) is 25.1 Å². The van der Waals surface area contributed by atoms with Gasteiger partial charge in [0.25, 0.3) is 0 Å². The van der Waals surface area contributed by atoms with Gasteiger partial charge in [-0.3, -0.25) is 9.59 Å². The number of benzene rings is 1. The lowest BCUT2D eigenvalue weighted by Gasteiger charge is -2.38. The number of nitrogens with one attached hydrogen (secondary N) is 1. The maximum atomic E-state index is 13.6. The topological polar surface area (TPSA) is 90.9 Å². The predicted molar refractivity (Wildman–Crippen MR) is 114 cm³/mol. The third-order valence-corrected chi connectivity index (χ3v) is 5.76. The SMILES string of the molecule is COC(=O)[C@H]1C(=O)C2=C(C[C@@H]1C)NC(C)=C(C(=O)OC(C)C)[C@H]2c1ccccc1OC. The Bertz CT molecular complexity index is 974. The van der Waals surface area contributed by atoms with Crippen molar-refractivity contribution in [2.45, 2.75) is 46.1 Å². The molecule has 3 atom stereocenters. The normalized spacial score (nSPS) is 23.3. The molecule has 31 heavy (non-hydrogen) atoms. The Kier molecular flexibility index (Phi) is 6.53. The second-order valence-corrected chi connectivity index (χ2v) is 8.23. The Morgan fingerprint density at radius 3 is 2.45 bits per heavy atom. The molecule has 1 heterocycles. The van der Waals surface area contributed by atoms with E-state index in [-0.39, 0.29) is 17.8 Å². The second-order valence-electron chi connectivity index (χ2n) is 8.23. The molecule has 7 heteroatoms. The number of hydrogen-bond donors (Lipinski definition) is 1. The molecule has 1 aromatic rings. The van der Waals surface area contributed by atoms with Crippen molar-refractivity contribution >= 4 is 17.7 Å². The average molecular weight is 427 g/mol. The molecular weight excluding hydrogens is 398 g/mol. The standard InChI is InChI=1S/C24H29NO6/c1-12(2)31-24(28)19-14(4)25-16-11-13(3)18(23(27)30-6)22(26)21(16)20(19)15-9-7-8-10-17(15)29-5/h7-10,12-13,18,20,25H,11H2,1-6H3/t13-,18+,20+/m0/s1. The number of para-hydroxylation sites is 1. The van der Waals surface area contributed by atoms with E-state index in [1.807, 2.05) is 25.1 Å². The highest BCUT2D eigenvalue weighted by molar-refractivity contribution is 6.12. The number of hydrogen-bond acceptors (Lipinski definition) is 7. The number of ketones is 1. The fourth-order valence-electron chi connectivity index (χ4n) is 4.44. The smallest absolute Gasteiger partial charge is 0.337 e. The summed E-state index contributed by atoms with van der Waals surface area (Å²) < 4.78 is 16.0. The number of carbonyl (C=O) groups excluding carboxylic acids is 3. The minimum atomic E-state index is -0.927. The van der Waals surface area contributed by atoms with E-state index >= 15 is 0 Å². The van der Waals surface area contributed by atoms with Crippen LogP contribution in [0.15, 0.2) is 46.8 Å². The third kappa shape index (κ3) is 4.09. The lowest BCUT2D eigenvalue weighted by Crippen LogP contribution is -2.43. The molecule has 1 N–H and O–H groups in total. The van der Waals surface area contributed by atoms with Crippen molar-refractivity contribution < 1.29 is 28.6 Å². The highest BCUT2D eigenvalue weighted by Gasteiger charge is 2.47. The molecule has 0 spiro atoms. The zero-order valence-electron chi connectivity index (χ0n) is 18.8. The van der Waals surface area contributed by atoms with Gasteiger partial charge in [-0.25, -0.2) is 4.79 Å². The first-order valence-corrected chi connectivity index (χ1v) is 10.4. The van der Waals surface area contributed by atoms with Gasteiger partial charge in [-0.15, -0.1) is 0 Å². The zero-order valence-corrected chi connectivity index (χ0v) is 18.8. The van der Waals surface area contributed by atoms with Crippen LogP contribution in [0.2, 0.25) is 0 Å². The van der Waals surface area contributed by atoms with E-state index in [1.165, 1.54) is 7.11 Å². The molecule has 0 amide bonds. The van der Waals surface area contributed by atoms with Crippen LogP contribution in [0.5, 0.6) is 5.75 Å². The largest absolute Gasteiger partial charge is 0.496 e. The first kappa shape index (κ1) is 22.6. The maximum absolute atomic E-state index is 13.6. The highest BCUT2D eigenvalue weighted by Crippen LogP contribution is 2.47. The van der Waals surface area contributed by atoms with Crippen LogP contribution in [0.4, 0.5) is 0 Å². The van der Waals surface area contributed by atoms with Crippen LogP contribution in [0.1, 0.15) is 45.6 Å². The van der Waals surface area contributed by atoms with Gasteiger partial charge in [0.15, 0.2) is 5.78 Å². The van der Waals surface area contributed by atoms with Crippen molar-refractivity contribution in [3.63, 3.8) is 0 Å². The number of esters is 2. The summed E-state index contributed by atoms with van der Waals surface area (Å²) in [6.45, 7) is 7.19. The molecule has 0 radical (unpaired) electrons. The Balaban J connectivity index is 2.23. The number of Topliss-reactive ketones (excluding diaryl/α,β-unsaturated/α-hetero) is 1. The second kappa shape index (κ2) is 8.96. The van der Waals surface area contributed by atoms with E-state index in [1.54, 1.807) is 33.9 Å². The van der Waals surface area contributed by atoms with Crippen molar-refractivity contribution in [3.8, 4) is 5.75 Å². The third-order valence-electron chi connectivity index (χ3n) is 5.76. The lowest BCUT2D eigenvalue weighted by atomic mass is 9.69. The Hall–Kier alpha value is -3.09. The van der Waals surface area contributed by atoms with Gasteiger partial charge in [0.2, 0.25) is 0 Å². The molecule has 3 rings (SSSR count). The van der Waals surface area contributed by atoms with Crippen molar-refractivity contribution in [1.29, 1.82) is 0 Å². The molecule has 1 aliphatic carbocycles. The van der Waals surface area contributed by atoms with Gasteiger partial charge in [0.1, 0.15) is 11.7 Å². The van der Waals surface area contributed by atoms with Crippen LogP contribution in [0.25, 0.3) is 0 Å². The van der Waals surface area contributed by atoms with Crippen LogP contribution in [-0.4, -0.2) is 38.0 Å². The molecule has 0 bridgehead atoms. The van der Waals surface area contributed by atoms with Gasteiger partial charge in [0, 0.05) is 22.5 Å². The van der Waals surface area contributed by atoms with Gasteiger partial charge in [-0.2, -0.15) is 0 Å². The molecule has 1 aliphatic heterocycles. The van der Waals surface area contributed by atoms with Crippen LogP contribution in [0.3, 0.4) is 0 Å². The average Bonchev–Trinajstić information content (AvgIpc) is 2.71.